The Labute approximate surface area is 130 Å². The molecule has 136 valence electrons. The second-order valence-electron chi connectivity index (χ2n) is 5.50. The number of alkyl halides is 1. The molecule has 7 N–H and O–H groups in total. The van der Waals surface area contributed by atoms with Crippen molar-refractivity contribution in [2.45, 2.75) is 61.4 Å². The van der Waals surface area contributed by atoms with E-state index in [2.05, 4.69) is 0 Å². The molecule has 2 saturated heterocycles. The third kappa shape index (κ3) is 3.64. The predicted octanol–water partition coefficient (Wildman–Crippen LogP) is -4.42. The van der Waals surface area contributed by atoms with Crippen LogP contribution in [0.15, 0.2) is 0 Å². The Morgan fingerprint density at radius 3 is 1.96 bits per heavy atom. The summed E-state index contributed by atoms with van der Waals surface area (Å²) in [6.45, 7) is -1.84. The van der Waals surface area contributed by atoms with Gasteiger partial charge in [0, 0.05) is 0 Å². The van der Waals surface area contributed by atoms with E-state index in [1.165, 1.54) is 0 Å². The zero-order valence-electron chi connectivity index (χ0n) is 11.9. The summed E-state index contributed by atoms with van der Waals surface area (Å²) < 4.78 is 27.5. The van der Waals surface area contributed by atoms with Gasteiger partial charge in [-0.15, -0.1) is 0 Å². The van der Waals surface area contributed by atoms with Crippen LogP contribution in [-0.2, 0) is 14.2 Å². The summed E-state index contributed by atoms with van der Waals surface area (Å²) in [6, 6.07) is 0. The van der Waals surface area contributed by atoms with E-state index >= 15 is 0 Å². The average molecular weight is 344 g/mol. The van der Waals surface area contributed by atoms with Gasteiger partial charge in [-0.3, -0.25) is 0 Å². The third-order valence-electron chi connectivity index (χ3n) is 3.95. The molecule has 0 aliphatic carbocycles. The van der Waals surface area contributed by atoms with Gasteiger partial charge in [-0.2, -0.15) is 0 Å². The monoisotopic (exact) mass is 344 g/mol. The fraction of sp³-hybridized carbons (Fsp3) is 1.00. The summed E-state index contributed by atoms with van der Waals surface area (Å²) >= 11 is 0. The highest BCUT2D eigenvalue weighted by Crippen LogP contribution is 2.28. The summed E-state index contributed by atoms with van der Waals surface area (Å²) in [7, 11) is 0. The van der Waals surface area contributed by atoms with Crippen LogP contribution in [-0.4, -0.2) is 110 Å². The maximum atomic E-state index is 12.6. The van der Waals surface area contributed by atoms with Crippen molar-refractivity contribution < 1.29 is 54.3 Å². The molecule has 0 saturated carbocycles. The van der Waals surface area contributed by atoms with E-state index in [0.29, 0.717) is 0 Å². The Morgan fingerprint density at radius 1 is 0.783 bits per heavy atom. The highest BCUT2D eigenvalue weighted by atomic mass is 19.1. The molecule has 11 heteroatoms. The fourth-order valence-electron chi connectivity index (χ4n) is 2.53. The van der Waals surface area contributed by atoms with Crippen LogP contribution in [0.2, 0.25) is 0 Å². The van der Waals surface area contributed by atoms with E-state index < -0.39 is 74.7 Å². The summed E-state index contributed by atoms with van der Waals surface area (Å²) in [5.41, 5.74) is 0. The van der Waals surface area contributed by atoms with E-state index in [-0.39, 0.29) is 0 Å². The Morgan fingerprint density at radius 2 is 1.39 bits per heavy atom. The molecule has 0 unspecified atom stereocenters. The molecule has 2 rings (SSSR count). The van der Waals surface area contributed by atoms with Crippen molar-refractivity contribution in [2.24, 2.45) is 0 Å². The van der Waals surface area contributed by atoms with Crippen LogP contribution in [0.5, 0.6) is 0 Å². The Bertz CT molecular complexity index is 385. The second kappa shape index (κ2) is 7.61. The Hall–Kier alpha value is -0.470. The van der Waals surface area contributed by atoms with Gasteiger partial charge in [0.25, 0.3) is 0 Å². The van der Waals surface area contributed by atoms with Crippen molar-refractivity contribution in [3.05, 3.63) is 0 Å². The first-order chi connectivity index (χ1) is 10.8. The van der Waals surface area contributed by atoms with Crippen LogP contribution in [0.1, 0.15) is 0 Å². The van der Waals surface area contributed by atoms with Gasteiger partial charge in [0.15, 0.2) is 12.6 Å². The second-order valence-corrected chi connectivity index (χ2v) is 5.50. The minimum atomic E-state index is -1.83. The number of hydrogen-bond acceptors (Lipinski definition) is 10. The van der Waals surface area contributed by atoms with Gasteiger partial charge >= 0.3 is 0 Å². The van der Waals surface area contributed by atoms with Gasteiger partial charge in [-0.25, -0.2) is 4.39 Å². The topological polar surface area (TPSA) is 169 Å². The first kappa shape index (κ1) is 18.9. The van der Waals surface area contributed by atoms with E-state index in [1.54, 1.807) is 0 Å². The summed E-state index contributed by atoms with van der Waals surface area (Å²) in [6.07, 6.45) is -16.3. The third-order valence-corrected chi connectivity index (χ3v) is 3.95. The summed E-state index contributed by atoms with van der Waals surface area (Å²) in [5.74, 6) is 0. The lowest BCUT2D eigenvalue weighted by atomic mass is 9.97. The van der Waals surface area contributed by atoms with Crippen LogP contribution in [0, 0.1) is 0 Å². The maximum Gasteiger partial charge on any atom is 0.187 e. The molecule has 10 atom stereocenters. The van der Waals surface area contributed by atoms with Crippen molar-refractivity contribution in [1.82, 2.24) is 0 Å². The molecule has 0 bridgehead atoms. The molecular formula is C12H21FO10. The number of aliphatic hydroxyl groups is 7. The van der Waals surface area contributed by atoms with Crippen LogP contribution in [0.4, 0.5) is 4.39 Å². The van der Waals surface area contributed by atoms with E-state index in [1.807, 2.05) is 0 Å². The van der Waals surface area contributed by atoms with Crippen molar-refractivity contribution in [3.8, 4) is 0 Å². The van der Waals surface area contributed by atoms with Gasteiger partial charge < -0.3 is 50.0 Å². The van der Waals surface area contributed by atoms with Crippen molar-refractivity contribution >= 4 is 0 Å². The molecule has 0 amide bonds. The summed E-state index contributed by atoms with van der Waals surface area (Å²) in [4.78, 5) is 0. The van der Waals surface area contributed by atoms with E-state index in [4.69, 9.17) is 19.3 Å². The number of aliphatic hydroxyl groups excluding tert-OH is 7. The van der Waals surface area contributed by atoms with Gasteiger partial charge in [0.05, 0.1) is 6.61 Å². The maximum absolute atomic E-state index is 12.6. The first-order valence-electron chi connectivity index (χ1n) is 7.03. The highest BCUT2D eigenvalue weighted by molar-refractivity contribution is 4.93. The lowest BCUT2D eigenvalue weighted by molar-refractivity contribution is -0.360. The molecule has 2 fully saturated rings. The molecule has 2 aliphatic rings. The minimum absolute atomic E-state index is 0.691. The van der Waals surface area contributed by atoms with Crippen LogP contribution < -0.4 is 0 Å². The van der Waals surface area contributed by atoms with Crippen LogP contribution in [0.25, 0.3) is 0 Å². The Kier molecular flexibility index (Phi) is 6.24. The highest BCUT2D eigenvalue weighted by Gasteiger charge is 2.50. The molecule has 0 aromatic rings. The summed E-state index contributed by atoms with van der Waals surface area (Å²) in [5, 5.41) is 67.5. The molecule has 0 spiro atoms. The lowest BCUT2D eigenvalue weighted by Gasteiger charge is -2.44. The van der Waals surface area contributed by atoms with Gasteiger partial charge in [0.2, 0.25) is 0 Å². The number of halogens is 1. The minimum Gasteiger partial charge on any atom is -0.394 e. The molecule has 10 nitrogen and oxygen atoms in total. The standard InChI is InChI=1S/C12H21FO10/c13-1-3-5(15)8(18)10(11(20)21-3)23-12-9(19)7(17)6(16)4(2-14)22-12/h3-12,14-20H,1-2H2/t3-,4-,5-,6-,7+,8+,9+,10+,11+,12-/m1/s1. The zero-order valence-corrected chi connectivity index (χ0v) is 11.9. The van der Waals surface area contributed by atoms with Gasteiger partial charge in [-0.05, 0) is 0 Å². The molecule has 0 aromatic heterocycles. The lowest BCUT2D eigenvalue weighted by Crippen LogP contribution is -2.64. The SMILES string of the molecule is OC[C@H]1O[C@H](O[C@H]2[C@@H](O)[C@H](O)[C@@H](CF)O[C@@H]2O)[C@@H](O)[C@@H](O)[C@@H]1O. The quantitative estimate of drug-likeness (QED) is 0.264. The number of rotatable bonds is 4. The van der Waals surface area contributed by atoms with Gasteiger partial charge in [0.1, 0.15) is 55.5 Å². The smallest absolute Gasteiger partial charge is 0.187 e. The van der Waals surface area contributed by atoms with Crippen LogP contribution >= 0.6 is 0 Å². The van der Waals surface area contributed by atoms with Crippen molar-refractivity contribution in [1.29, 1.82) is 0 Å². The fourth-order valence-corrected chi connectivity index (χ4v) is 2.53. The van der Waals surface area contributed by atoms with E-state index in [9.17, 15) is 35.0 Å². The van der Waals surface area contributed by atoms with Crippen LogP contribution in [0.3, 0.4) is 0 Å². The molecule has 2 heterocycles. The zero-order chi connectivity index (χ0) is 17.3. The number of ether oxygens (including phenoxy) is 3. The van der Waals surface area contributed by atoms with Gasteiger partial charge in [-0.1, -0.05) is 0 Å². The number of hydrogen-bond donors (Lipinski definition) is 7. The normalized spacial score (nSPS) is 51.7. The average Bonchev–Trinajstić information content (AvgIpc) is 2.54. The largest absolute Gasteiger partial charge is 0.394 e. The van der Waals surface area contributed by atoms with E-state index in [0.717, 1.165) is 0 Å². The Balaban J connectivity index is 2.08. The molecular weight excluding hydrogens is 323 g/mol. The van der Waals surface area contributed by atoms with Crippen molar-refractivity contribution in [2.75, 3.05) is 13.3 Å². The molecule has 23 heavy (non-hydrogen) atoms. The molecule has 2 aliphatic heterocycles. The molecule has 0 aromatic carbocycles. The first-order valence-corrected chi connectivity index (χ1v) is 7.03. The molecule has 0 radical (unpaired) electrons. The predicted molar refractivity (Wildman–Crippen MR) is 67.5 cm³/mol. The van der Waals surface area contributed by atoms with Crippen molar-refractivity contribution in [3.63, 3.8) is 0 Å².